The van der Waals surface area contributed by atoms with Crippen molar-refractivity contribution < 1.29 is 13.2 Å². The van der Waals surface area contributed by atoms with E-state index in [1.54, 1.807) is 29.6 Å². The van der Waals surface area contributed by atoms with Gasteiger partial charge in [-0.15, -0.1) is 0 Å². The third-order valence-electron chi connectivity index (χ3n) is 5.68. The van der Waals surface area contributed by atoms with E-state index in [2.05, 4.69) is 37.8 Å². The molecule has 3 rings (SSSR count). The van der Waals surface area contributed by atoms with E-state index in [-0.39, 0.29) is 5.92 Å². The molecule has 2 aromatic rings. The number of nitrogens with zero attached hydrogens (tertiary/aromatic N) is 2. The molecule has 0 saturated carbocycles. The summed E-state index contributed by atoms with van der Waals surface area (Å²) in [7, 11) is -1.89. The van der Waals surface area contributed by atoms with Gasteiger partial charge in [0, 0.05) is 31.9 Å². The van der Waals surface area contributed by atoms with Crippen molar-refractivity contribution in [2.45, 2.75) is 38.0 Å². The van der Waals surface area contributed by atoms with Gasteiger partial charge < -0.3 is 9.64 Å². The third-order valence-corrected chi connectivity index (χ3v) is 7.57. The minimum Gasteiger partial charge on any atom is -0.496 e. The maximum Gasteiger partial charge on any atom is 0.243 e. The average Bonchev–Trinajstić information content (AvgIpc) is 2.73. The minimum absolute atomic E-state index is 0.239. The van der Waals surface area contributed by atoms with E-state index < -0.39 is 10.0 Å². The first-order valence-electron chi connectivity index (χ1n) is 9.87. The standard InChI is InChI=1S/C22H30N2O3S/c1-5-17(2)20-16-19(10-11-22(20)27-4)28(25,26)24-14-12-23(13-15-24)21-9-7-6-8-18(21)3/h6-11,16-17H,5,12-15H2,1-4H3/t17-/m1/s1. The van der Waals surface area contributed by atoms with Crippen LogP contribution in [0.1, 0.15) is 37.3 Å². The molecule has 1 aliphatic heterocycles. The lowest BCUT2D eigenvalue weighted by Crippen LogP contribution is -2.48. The number of sulfonamides is 1. The quantitative estimate of drug-likeness (QED) is 0.732. The van der Waals surface area contributed by atoms with Crippen molar-refractivity contribution in [1.82, 2.24) is 4.31 Å². The molecule has 1 heterocycles. The smallest absolute Gasteiger partial charge is 0.243 e. The lowest BCUT2D eigenvalue weighted by molar-refractivity contribution is 0.384. The second-order valence-corrected chi connectivity index (χ2v) is 9.33. The summed E-state index contributed by atoms with van der Waals surface area (Å²) in [5.41, 5.74) is 3.35. The van der Waals surface area contributed by atoms with Crippen LogP contribution in [0.4, 0.5) is 5.69 Å². The molecule has 0 aromatic heterocycles. The van der Waals surface area contributed by atoms with Gasteiger partial charge in [0.15, 0.2) is 0 Å². The molecule has 1 saturated heterocycles. The Morgan fingerprint density at radius 2 is 1.75 bits per heavy atom. The zero-order valence-corrected chi connectivity index (χ0v) is 18.0. The van der Waals surface area contributed by atoms with Crippen LogP contribution in [0, 0.1) is 6.92 Å². The Hall–Kier alpha value is -2.05. The predicted octanol–water partition coefficient (Wildman–Crippen LogP) is 4.03. The topological polar surface area (TPSA) is 49.9 Å². The van der Waals surface area contributed by atoms with Gasteiger partial charge in [-0.1, -0.05) is 32.0 Å². The molecule has 2 aromatic carbocycles. The monoisotopic (exact) mass is 402 g/mol. The fourth-order valence-electron chi connectivity index (χ4n) is 3.71. The summed E-state index contributed by atoms with van der Waals surface area (Å²) in [4.78, 5) is 2.62. The van der Waals surface area contributed by atoms with Crippen molar-refractivity contribution in [3.05, 3.63) is 53.6 Å². The summed E-state index contributed by atoms with van der Waals surface area (Å²) in [5.74, 6) is 0.987. The molecule has 0 aliphatic carbocycles. The van der Waals surface area contributed by atoms with Gasteiger partial charge in [-0.2, -0.15) is 4.31 Å². The zero-order chi connectivity index (χ0) is 20.3. The van der Waals surface area contributed by atoms with Gasteiger partial charge in [-0.3, -0.25) is 0 Å². The Morgan fingerprint density at radius 1 is 1.07 bits per heavy atom. The second-order valence-electron chi connectivity index (χ2n) is 7.39. The van der Waals surface area contributed by atoms with E-state index in [1.807, 2.05) is 12.1 Å². The molecule has 28 heavy (non-hydrogen) atoms. The summed E-state index contributed by atoms with van der Waals surface area (Å²) in [5, 5.41) is 0. The lowest BCUT2D eigenvalue weighted by Gasteiger charge is -2.36. The molecule has 5 nitrogen and oxygen atoms in total. The fraction of sp³-hybridized carbons (Fsp3) is 0.455. The molecule has 0 bridgehead atoms. The van der Waals surface area contributed by atoms with Gasteiger partial charge in [0.1, 0.15) is 5.75 Å². The van der Waals surface area contributed by atoms with Crippen molar-refractivity contribution in [2.75, 3.05) is 38.2 Å². The van der Waals surface area contributed by atoms with Crippen LogP contribution < -0.4 is 9.64 Å². The van der Waals surface area contributed by atoms with Gasteiger partial charge in [0.25, 0.3) is 0 Å². The van der Waals surface area contributed by atoms with Gasteiger partial charge >= 0.3 is 0 Å². The molecular formula is C22H30N2O3S. The maximum absolute atomic E-state index is 13.2. The molecule has 0 unspecified atom stereocenters. The largest absolute Gasteiger partial charge is 0.496 e. The second kappa shape index (κ2) is 8.53. The van der Waals surface area contributed by atoms with E-state index in [0.29, 0.717) is 31.1 Å². The third kappa shape index (κ3) is 4.03. The van der Waals surface area contributed by atoms with Gasteiger partial charge in [0.05, 0.1) is 12.0 Å². The summed E-state index contributed by atoms with van der Waals surface area (Å²) in [6.07, 6.45) is 0.926. The number of aryl methyl sites for hydroxylation is 1. The Kier molecular flexibility index (Phi) is 6.30. The van der Waals surface area contributed by atoms with Crippen molar-refractivity contribution in [3.8, 4) is 5.75 Å². The number of hydrogen-bond acceptors (Lipinski definition) is 4. The maximum atomic E-state index is 13.2. The van der Waals surface area contributed by atoms with Gasteiger partial charge in [-0.25, -0.2) is 8.42 Å². The molecule has 0 amide bonds. The Balaban J connectivity index is 1.80. The van der Waals surface area contributed by atoms with E-state index in [4.69, 9.17) is 4.74 Å². The molecule has 0 spiro atoms. The zero-order valence-electron chi connectivity index (χ0n) is 17.2. The van der Waals surface area contributed by atoms with Crippen LogP contribution in [0.25, 0.3) is 0 Å². The predicted molar refractivity (Wildman–Crippen MR) is 114 cm³/mol. The summed E-state index contributed by atoms with van der Waals surface area (Å²) in [6.45, 7) is 8.64. The molecule has 1 aliphatic rings. The fourth-order valence-corrected chi connectivity index (χ4v) is 5.17. The normalized spacial score (nSPS) is 16.8. The Morgan fingerprint density at radius 3 is 2.36 bits per heavy atom. The van der Waals surface area contributed by atoms with Crippen molar-refractivity contribution in [1.29, 1.82) is 0 Å². The molecule has 1 atom stereocenters. The molecular weight excluding hydrogens is 372 g/mol. The lowest BCUT2D eigenvalue weighted by atomic mass is 9.98. The molecule has 0 N–H and O–H groups in total. The van der Waals surface area contributed by atoms with Crippen molar-refractivity contribution >= 4 is 15.7 Å². The SMILES string of the molecule is CC[C@@H](C)c1cc(S(=O)(=O)N2CCN(c3ccccc3C)CC2)ccc1OC. The van der Waals surface area contributed by atoms with E-state index >= 15 is 0 Å². The average molecular weight is 403 g/mol. The van der Waals surface area contributed by atoms with Crippen LogP contribution in [0.5, 0.6) is 5.75 Å². The van der Waals surface area contributed by atoms with E-state index in [1.165, 1.54) is 11.3 Å². The van der Waals surface area contributed by atoms with Crippen LogP contribution >= 0.6 is 0 Å². The summed E-state index contributed by atoms with van der Waals surface area (Å²) >= 11 is 0. The first-order chi connectivity index (χ1) is 13.4. The van der Waals surface area contributed by atoms with E-state index in [9.17, 15) is 8.42 Å². The van der Waals surface area contributed by atoms with Crippen LogP contribution in [0.15, 0.2) is 47.4 Å². The number of para-hydroxylation sites is 1. The highest BCUT2D eigenvalue weighted by atomic mass is 32.2. The number of methoxy groups -OCH3 is 1. The van der Waals surface area contributed by atoms with Crippen LogP contribution in [-0.4, -0.2) is 46.0 Å². The number of rotatable bonds is 6. The first-order valence-corrected chi connectivity index (χ1v) is 11.3. The number of benzene rings is 2. The summed E-state index contributed by atoms with van der Waals surface area (Å²) < 4.78 is 33.5. The molecule has 1 fully saturated rings. The van der Waals surface area contributed by atoms with E-state index in [0.717, 1.165) is 17.7 Å². The highest BCUT2D eigenvalue weighted by Gasteiger charge is 2.29. The number of anilines is 1. The van der Waals surface area contributed by atoms with Crippen LogP contribution in [-0.2, 0) is 10.0 Å². The Labute approximate surface area is 169 Å². The summed E-state index contributed by atoms with van der Waals surface area (Å²) in [6, 6.07) is 13.5. The number of hydrogen-bond donors (Lipinski definition) is 0. The Bertz CT molecular complexity index is 919. The van der Waals surface area contributed by atoms with Crippen LogP contribution in [0.2, 0.25) is 0 Å². The molecule has 6 heteroatoms. The van der Waals surface area contributed by atoms with Crippen molar-refractivity contribution in [3.63, 3.8) is 0 Å². The first kappa shape index (κ1) is 20.7. The highest BCUT2D eigenvalue weighted by Crippen LogP contribution is 2.32. The van der Waals surface area contributed by atoms with Crippen molar-refractivity contribution in [2.24, 2.45) is 0 Å². The number of piperazine rings is 1. The minimum atomic E-state index is -3.52. The van der Waals surface area contributed by atoms with Gasteiger partial charge in [0.2, 0.25) is 10.0 Å². The molecule has 0 radical (unpaired) electrons. The number of ether oxygens (including phenoxy) is 1. The highest BCUT2D eigenvalue weighted by molar-refractivity contribution is 7.89. The van der Waals surface area contributed by atoms with Crippen LogP contribution in [0.3, 0.4) is 0 Å². The van der Waals surface area contributed by atoms with Gasteiger partial charge in [-0.05, 0) is 54.7 Å². The molecule has 152 valence electrons.